The number of aryl methyl sites for hydroxylation is 1. The summed E-state index contributed by atoms with van der Waals surface area (Å²) < 4.78 is 0. The summed E-state index contributed by atoms with van der Waals surface area (Å²) in [4.78, 5) is 0. The van der Waals surface area contributed by atoms with Crippen molar-refractivity contribution in [2.45, 2.75) is 40.0 Å². The van der Waals surface area contributed by atoms with Gasteiger partial charge in [0.2, 0.25) is 0 Å². The molecule has 3 aromatic carbocycles. The van der Waals surface area contributed by atoms with Crippen molar-refractivity contribution in [3.8, 4) is 11.1 Å². The Hall–Kier alpha value is -0.790. The molecule has 3 aromatic rings. The van der Waals surface area contributed by atoms with Crippen LogP contribution >= 0.6 is 24.8 Å². The average molecular weight is 549 g/mol. The molecule has 0 aromatic heterocycles. The van der Waals surface area contributed by atoms with Gasteiger partial charge in [-0.1, -0.05) is 75.6 Å². The number of hydrogen-bond donors (Lipinski definition) is 0. The molecule has 1 aliphatic rings. The van der Waals surface area contributed by atoms with Crippen LogP contribution < -0.4 is 0 Å². The Morgan fingerprint density at radius 2 is 1.58 bits per heavy atom. The van der Waals surface area contributed by atoms with Gasteiger partial charge in [0, 0.05) is 0 Å². The molecule has 4 rings (SSSR count). The van der Waals surface area contributed by atoms with E-state index in [-0.39, 0.29) is 39.7 Å². The van der Waals surface area contributed by atoms with Crippen LogP contribution in [0.1, 0.15) is 38.7 Å². The van der Waals surface area contributed by atoms with Crippen LogP contribution in [-0.2, 0) is 23.3 Å². The second-order valence-corrected chi connectivity index (χ2v) is 6.57. The molecule has 0 saturated heterocycles. The Labute approximate surface area is 220 Å². The van der Waals surface area contributed by atoms with E-state index in [1.807, 2.05) is 0 Å². The maximum absolute atomic E-state index is 3.23. The van der Waals surface area contributed by atoms with Crippen molar-refractivity contribution in [2.75, 3.05) is 0 Å². The molecule has 0 heterocycles. The summed E-state index contributed by atoms with van der Waals surface area (Å²) in [5, 5.41) is 2.69. The molecule has 0 bridgehead atoms. The van der Waals surface area contributed by atoms with Gasteiger partial charge in [-0.3, -0.25) is 6.08 Å². The van der Waals surface area contributed by atoms with E-state index in [9.17, 15) is 0 Å². The topological polar surface area (TPSA) is 0 Å². The van der Waals surface area contributed by atoms with Crippen LogP contribution in [0.4, 0.5) is 0 Å². The molecule has 4 heteroatoms. The second-order valence-electron chi connectivity index (χ2n) is 6.57. The third kappa shape index (κ3) is 9.70. The molecule has 0 atom stereocenters. The number of halogens is 2. The number of rotatable bonds is 3. The first-order valence-corrected chi connectivity index (χ1v) is 13.7. The van der Waals surface area contributed by atoms with Crippen molar-refractivity contribution >= 4 is 42.5 Å². The molecule has 0 unspecified atom stereocenters. The van der Waals surface area contributed by atoms with Crippen LogP contribution in [0.25, 0.3) is 21.9 Å². The van der Waals surface area contributed by atoms with E-state index in [0.717, 1.165) is 6.42 Å². The monoisotopic (exact) mass is 546 g/mol. The SMILES string of the molecule is CCC1=C(CC)C[C-]=C1.Cc1cc2c(-c3ccccc3)cccc2[cH-]1.Cl.Cl.[CH3-].[CH3-].[Si]=[Zr]. The molecule has 31 heavy (non-hydrogen) atoms. The maximum atomic E-state index is 3.23. The van der Waals surface area contributed by atoms with Gasteiger partial charge in [0.05, 0.1) is 0 Å². The van der Waals surface area contributed by atoms with E-state index in [4.69, 9.17) is 0 Å². The number of allylic oxidation sites excluding steroid dienone is 4. The molecule has 2 radical (unpaired) electrons. The van der Waals surface area contributed by atoms with Crippen molar-refractivity contribution in [3.05, 3.63) is 104 Å². The standard InChI is InChI=1S/C16H13.C9H13.2CH3.2ClH.Si.Zr/c1-12-10-14-8-5-9-15(16(14)11-12)13-6-3-2-4-7-13;1-3-8-6-5-7-9(8)4-2;;;;;;/h2-11H,1H3;6H,3-4,7H2,1-2H3;2*1H3;2*1H;;/q4*-1;;;;. The van der Waals surface area contributed by atoms with Crippen molar-refractivity contribution in [3.63, 3.8) is 0 Å². The van der Waals surface area contributed by atoms with Crippen molar-refractivity contribution < 1.29 is 23.3 Å². The van der Waals surface area contributed by atoms with Gasteiger partial charge in [0.15, 0.2) is 0 Å². The summed E-state index contributed by atoms with van der Waals surface area (Å²) in [6, 6.07) is 21.6. The van der Waals surface area contributed by atoms with Crippen LogP contribution in [0.2, 0.25) is 0 Å². The number of hydrogen-bond acceptors (Lipinski definition) is 0. The Bertz CT molecular complexity index is 927. The zero-order valence-electron chi connectivity index (χ0n) is 19.3. The Balaban J connectivity index is -0.000000460. The molecule has 0 fully saturated rings. The summed E-state index contributed by atoms with van der Waals surface area (Å²) in [6.07, 6.45) is 8.82. The summed E-state index contributed by atoms with van der Waals surface area (Å²) in [5.41, 5.74) is 7.04. The third-order valence-corrected chi connectivity index (χ3v) is 4.83. The van der Waals surface area contributed by atoms with Gasteiger partial charge in [-0.2, -0.15) is 17.2 Å². The van der Waals surface area contributed by atoms with E-state index in [1.165, 1.54) is 69.2 Å². The third-order valence-electron chi connectivity index (χ3n) is 4.83. The predicted molar refractivity (Wildman–Crippen MR) is 143 cm³/mol. The first-order chi connectivity index (χ1) is 13.2. The molecule has 0 saturated carbocycles. The Kier molecular flexibility index (Phi) is 21.1. The fourth-order valence-electron chi connectivity index (χ4n) is 3.47. The van der Waals surface area contributed by atoms with Crippen LogP contribution in [-0.4, -0.2) is 6.88 Å². The summed E-state index contributed by atoms with van der Waals surface area (Å²) in [5.74, 6) is 0. The van der Waals surface area contributed by atoms with Crippen LogP contribution in [0.15, 0.2) is 77.9 Å². The van der Waals surface area contributed by atoms with Gasteiger partial charge in [0.1, 0.15) is 0 Å². The second kappa shape index (κ2) is 18.8. The molecule has 0 amide bonds. The predicted octanol–water partition coefficient (Wildman–Crippen LogP) is 8.76. The van der Waals surface area contributed by atoms with E-state index < -0.39 is 0 Å². The van der Waals surface area contributed by atoms with Crippen LogP contribution in [0, 0.1) is 27.9 Å². The van der Waals surface area contributed by atoms with E-state index >= 15 is 0 Å². The van der Waals surface area contributed by atoms with E-state index in [2.05, 4.69) is 100 Å². The molecular weight excluding hydrogens is 515 g/mol. The summed E-state index contributed by atoms with van der Waals surface area (Å²) in [6.45, 7) is 9.63. The molecule has 0 N–H and O–H groups in total. The van der Waals surface area contributed by atoms with Crippen LogP contribution in [0.5, 0.6) is 0 Å². The minimum absolute atomic E-state index is 0. The fraction of sp³-hybridized carbons (Fsp3) is 0.222. The fourth-order valence-corrected chi connectivity index (χ4v) is 3.47. The van der Waals surface area contributed by atoms with Crippen molar-refractivity contribution in [2.24, 2.45) is 0 Å². The zero-order chi connectivity index (χ0) is 19.6. The van der Waals surface area contributed by atoms with Crippen molar-refractivity contribution in [1.29, 1.82) is 0 Å². The van der Waals surface area contributed by atoms with Gasteiger partial charge < -0.3 is 14.9 Å². The normalized spacial score (nSPS) is 10.8. The zero-order valence-corrected chi connectivity index (χ0v) is 24.4. The Morgan fingerprint density at radius 3 is 2.13 bits per heavy atom. The van der Waals surface area contributed by atoms with E-state index in [0.29, 0.717) is 0 Å². The quantitative estimate of drug-likeness (QED) is 0.227. The first-order valence-electron chi connectivity index (χ1n) is 9.47. The van der Waals surface area contributed by atoms with Gasteiger partial charge in [-0.05, 0) is 5.56 Å². The first kappa shape index (κ1) is 34.8. The molecule has 0 aliphatic heterocycles. The molecule has 168 valence electrons. The van der Waals surface area contributed by atoms with E-state index in [1.54, 1.807) is 5.57 Å². The molecule has 1 aliphatic carbocycles. The molecule has 0 nitrogen and oxygen atoms in total. The van der Waals surface area contributed by atoms with Gasteiger partial charge >= 0.3 is 30.2 Å². The van der Waals surface area contributed by atoms with Gasteiger partial charge in [-0.25, -0.2) is 6.08 Å². The molecule has 0 spiro atoms. The average Bonchev–Trinajstić information content (AvgIpc) is 3.35. The minimum atomic E-state index is 0. The molecular formula is C27H34Cl2SiZr-4. The van der Waals surface area contributed by atoms with Gasteiger partial charge in [-0.15, -0.1) is 65.8 Å². The van der Waals surface area contributed by atoms with Crippen LogP contribution in [0.3, 0.4) is 0 Å². The van der Waals surface area contributed by atoms with Gasteiger partial charge in [0.25, 0.3) is 0 Å². The summed E-state index contributed by atoms with van der Waals surface area (Å²) >= 11 is 1.36. The summed E-state index contributed by atoms with van der Waals surface area (Å²) in [7, 11) is 0. The van der Waals surface area contributed by atoms with Crippen molar-refractivity contribution in [1.82, 2.24) is 0 Å². The number of fused-ring (bicyclic) bond motifs is 1. The Morgan fingerprint density at radius 1 is 0.935 bits per heavy atom. The number of benzene rings is 2.